The maximum atomic E-state index is 3.86. The maximum absolute atomic E-state index is 3.86. The van der Waals surface area contributed by atoms with Crippen LogP contribution in [0.4, 0.5) is 0 Å². The molecule has 0 rings (SSSR count). The molecule has 0 aliphatic rings. The number of hydrogen-bond acceptors (Lipinski definition) is 0. The first kappa shape index (κ1) is 13.4. The van der Waals surface area contributed by atoms with Crippen molar-refractivity contribution < 1.29 is 32.7 Å². The van der Waals surface area contributed by atoms with E-state index in [2.05, 4.69) is 27.4 Å². The Morgan fingerprint density at radius 2 is 2.00 bits per heavy atom. The van der Waals surface area contributed by atoms with Crippen LogP contribution in [0.1, 0.15) is 40.0 Å². The summed E-state index contributed by atoms with van der Waals surface area (Å²) in [5.74, 6) is 1.56. The zero-order valence-corrected chi connectivity index (χ0v) is 10.2. The van der Waals surface area contributed by atoms with E-state index in [-0.39, 0.29) is 32.7 Å². The summed E-state index contributed by atoms with van der Waals surface area (Å²) in [6.07, 6.45) is 3.64. The van der Waals surface area contributed by atoms with Crippen LogP contribution in [0, 0.1) is 5.92 Å². The molecule has 0 bridgehead atoms. The molecule has 57 valence electrons. The van der Waals surface area contributed by atoms with Gasteiger partial charge in [-0.25, -0.2) is 0 Å². The average molecular weight is 214 g/mol. The van der Waals surface area contributed by atoms with Crippen molar-refractivity contribution in [2.24, 2.45) is 0 Å². The van der Waals surface area contributed by atoms with Crippen LogP contribution < -0.4 is 0 Å². The molecule has 0 nitrogen and oxygen atoms in total. The molecule has 0 saturated carbocycles. The third-order valence-corrected chi connectivity index (χ3v) is 1.28. The number of hydrogen-bond donors (Lipinski definition) is 0. The second kappa shape index (κ2) is 7.95. The molecule has 1 radical (unpaired) electrons. The Balaban J connectivity index is 0. The van der Waals surface area contributed by atoms with Gasteiger partial charge in [-0.2, -0.15) is 19.8 Å². The van der Waals surface area contributed by atoms with Crippen LogP contribution in [-0.4, -0.2) is 0 Å². The van der Waals surface area contributed by atoms with Crippen LogP contribution in [0.25, 0.3) is 0 Å². The number of rotatable bonds is 4. The fourth-order valence-corrected chi connectivity index (χ4v) is 1.03. The molecular formula is C9H17Y-. The topological polar surface area (TPSA) is 0 Å². The van der Waals surface area contributed by atoms with E-state index in [1.54, 1.807) is 5.92 Å². The normalized spacial score (nSPS) is 9.20. The Hall–Kier alpha value is 0.844. The minimum atomic E-state index is 0. The molecule has 0 amide bonds. The van der Waals surface area contributed by atoms with Crippen molar-refractivity contribution in [1.82, 2.24) is 0 Å². The summed E-state index contributed by atoms with van der Waals surface area (Å²) in [5.41, 5.74) is 1.28. The van der Waals surface area contributed by atoms with Gasteiger partial charge in [-0.05, 0) is 6.92 Å². The van der Waals surface area contributed by atoms with Crippen LogP contribution in [0.3, 0.4) is 0 Å². The molecule has 0 aromatic heterocycles. The van der Waals surface area contributed by atoms with Gasteiger partial charge in [0.1, 0.15) is 0 Å². The third-order valence-electron chi connectivity index (χ3n) is 1.28. The minimum absolute atomic E-state index is 0. The number of allylic oxidation sites excluding steroid dienone is 1. The van der Waals surface area contributed by atoms with E-state index >= 15 is 0 Å². The van der Waals surface area contributed by atoms with E-state index in [0.717, 1.165) is 6.42 Å². The van der Waals surface area contributed by atoms with Crippen LogP contribution >= 0.6 is 0 Å². The molecule has 0 saturated heterocycles. The van der Waals surface area contributed by atoms with Crippen LogP contribution in [0.5, 0.6) is 0 Å². The second-order valence-corrected chi connectivity index (χ2v) is 2.84. The van der Waals surface area contributed by atoms with E-state index in [4.69, 9.17) is 0 Å². The molecule has 0 heterocycles. The Morgan fingerprint density at radius 3 is 2.30 bits per heavy atom. The predicted molar refractivity (Wildman–Crippen MR) is 43.3 cm³/mol. The van der Waals surface area contributed by atoms with Gasteiger partial charge in [0.25, 0.3) is 0 Å². The van der Waals surface area contributed by atoms with Gasteiger partial charge in [-0.15, -0.1) is 12.2 Å². The molecule has 1 heteroatoms. The molecule has 0 aromatic rings. The van der Waals surface area contributed by atoms with Gasteiger partial charge in [-0.3, -0.25) is 0 Å². The zero-order chi connectivity index (χ0) is 7.28. The summed E-state index contributed by atoms with van der Waals surface area (Å²) in [6, 6.07) is 0. The van der Waals surface area contributed by atoms with Gasteiger partial charge in [0.05, 0.1) is 0 Å². The van der Waals surface area contributed by atoms with Crippen LogP contribution in [0.2, 0.25) is 0 Å². The molecule has 0 aromatic carbocycles. The Kier molecular flexibility index (Phi) is 10.7. The van der Waals surface area contributed by atoms with Crippen molar-refractivity contribution >= 4 is 0 Å². The smallest absolute Gasteiger partial charge is 0 e. The molecule has 0 N–H and O–H groups in total. The minimum Gasteiger partial charge on any atom is -0.313 e. The van der Waals surface area contributed by atoms with E-state index in [1.807, 2.05) is 0 Å². The fourth-order valence-electron chi connectivity index (χ4n) is 1.03. The molecule has 0 spiro atoms. The van der Waals surface area contributed by atoms with Gasteiger partial charge in [-0.1, -0.05) is 13.3 Å². The molecule has 10 heavy (non-hydrogen) atoms. The Bertz CT molecular complexity index is 86.7. The summed E-state index contributed by atoms with van der Waals surface area (Å²) < 4.78 is 0. The first-order valence-electron chi connectivity index (χ1n) is 3.62. The molecule has 0 aliphatic heterocycles. The van der Waals surface area contributed by atoms with Crippen LogP contribution in [0.15, 0.2) is 12.2 Å². The zero-order valence-electron chi connectivity index (χ0n) is 7.41. The van der Waals surface area contributed by atoms with Gasteiger partial charge in [0, 0.05) is 32.7 Å². The van der Waals surface area contributed by atoms with E-state index in [1.165, 1.54) is 18.4 Å². The van der Waals surface area contributed by atoms with Crippen molar-refractivity contribution in [3.8, 4) is 0 Å². The van der Waals surface area contributed by atoms with Crippen molar-refractivity contribution in [2.75, 3.05) is 0 Å². The van der Waals surface area contributed by atoms with Crippen molar-refractivity contribution in [2.45, 2.75) is 40.0 Å². The van der Waals surface area contributed by atoms with Gasteiger partial charge < -0.3 is 5.92 Å². The summed E-state index contributed by atoms with van der Waals surface area (Å²) >= 11 is 0. The molecule has 0 atom stereocenters. The van der Waals surface area contributed by atoms with Crippen molar-refractivity contribution in [1.29, 1.82) is 0 Å². The molecule has 0 aliphatic carbocycles. The van der Waals surface area contributed by atoms with E-state index in [0.29, 0.717) is 0 Å². The quantitative estimate of drug-likeness (QED) is 0.497. The first-order chi connectivity index (χ1) is 4.16. The van der Waals surface area contributed by atoms with E-state index < -0.39 is 0 Å². The third kappa shape index (κ3) is 8.84. The van der Waals surface area contributed by atoms with Gasteiger partial charge in [0.2, 0.25) is 0 Å². The first-order valence-corrected chi connectivity index (χ1v) is 3.62. The van der Waals surface area contributed by atoms with Gasteiger partial charge >= 0.3 is 0 Å². The predicted octanol–water partition coefficient (Wildman–Crippen LogP) is 3.34. The van der Waals surface area contributed by atoms with Gasteiger partial charge in [0.15, 0.2) is 0 Å². The standard InChI is InChI=1S/C9H17.Y/c1-5-6-9(4)7-8(2)3;/h2,5-7H2,1,3-4H3;/q-1;. The molecule has 0 unspecified atom stereocenters. The fraction of sp³-hybridized carbons (Fsp3) is 0.667. The van der Waals surface area contributed by atoms with E-state index in [9.17, 15) is 0 Å². The molecule has 0 fully saturated rings. The summed E-state index contributed by atoms with van der Waals surface area (Å²) in [7, 11) is 0. The summed E-state index contributed by atoms with van der Waals surface area (Å²) in [6.45, 7) is 10.4. The summed E-state index contributed by atoms with van der Waals surface area (Å²) in [5, 5.41) is 0. The maximum Gasteiger partial charge on any atom is 0 e. The van der Waals surface area contributed by atoms with Crippen molar-refractivity contribution in [3.63, 3.8) is 0 Å². The Labute approximate surface area is 90.4 Å². The summed E-state index contributed by atoms with van der Waals surface area (Å²) in [4.78, 5) is 0. The monoisotopic (exact) mass is 214 g/mol. The Morgan fingerprint density at radius 1 is 1.50 bits per heavy atom. The van der Waals surface area contributed by atoms with Crippen molar-refractivity contribution in [3.05, 3.63) is 18.1 Å². The second-order valence-electron chi connectivity index (χ2n) is 2.84. The molecular weight excluding hydrogens is 197 g/mol. The SMILES string of the molecule is C=C(C)C[C-](C)CCC.[Y]. The average Bonchev–Trinajstić information content (AvgIpc) is 1.63. The largest absolute Gasteiger partial charge is 0.313 e. The van der Waals surface area contributed by atoms with Crippen LogP contribution in [-0.2, 0) is 32.7 Å².